The van der Waals surface area contributed by atoms with Gasteiger partial charge in [-0.15, -0.1) is 0 Å². The van der Waals surface area contributed by atoms with Crippen molar-refractivity contribution in [3.8, 4) is 11.3 Å². The Morgan fingerprint density at radius 1 is 1.25 bits per heavy atom. The number of nitrogens with zero attached hydrogens (tertiary/aromatic N) is 3. The second-order valence-corrected chi connectivity index (χ2v) is 6.05. The van der Waals surface area contributed by atoms with Gasteiger partial charge in [-0.3, -0.25) is 4.90 Å². The predicted molar refractivity (Wildman–Crippen MR) is 91.0 cm³/mol. The summed E-state index contributed by atoms with van der Waals surface area (Å²) >= 11 is 5.78. The molecule has 0 saturated carbocycles. The Labute approximate surface area is 144 Å². The van der Waals surface area contributed by atoms with E-state index in [9.17, 15) is 4.39 Å². The summed E-state index contributed by atoms with van der Waals surface area (Å²) < 4.78 is 19.8. The van der Waals surface area contributed by atoms with E-state index in [1.165, 1.54) is 12.4 Å². The molecule has 0 bridgehead atoms. The Morgan fingerprint density at radius 2 is 2.08 bits per heavy atom. The summed E-state index contributed by atoms with van der Waals surface area (Å²) in [5.74, 6) is 0.844. The minimum Gasteiger partial charge on any atom is -0.460 e. The molecule has 0 radical (unpaired) electrons. The van der Waals surface area contributed by atoms with E-state index in [1.54, 1.807) is 24.4 Å². The summed E-state index contributed by atoms with van der Waals surface area (Å²) in [6.07, 6.45) is 3.26. The van der Waals surface area contributed by atoms with Gasteiger partial charge in [0.1, 0.15) is 23.7 Å². The van der Waals surface area contributed by atoms with Gasteiger partial charge in [0.05, 0.1) is 17.8 Å². The molecule has 0 aliphatic carbocycles. The van der Waals surface area contributed by atoms with E-state index in [0.717, 1.165) is 11.5 Å². The smallest absolute Gasteiger partial charge is 0.137 e. The third kappa shape index (κ3) is 3.63. The fourth-order valence-corrected chi connectivity index (χ4v) is 2.61. The molecule has 0 amide bonds. The summed E-state index contributed by atoms with van der Waals surface area (Å²) in [5.41, 5.74) is 1.33. The Hall–Kier alpha value is -2.24. The molecule has 2 aromatic heterocycles. The van der Waals surface area contributed by atoms with Gasteiger partial charge in [-0.1, -0.05) is 11.6 Å². The Kier molecular flexibility index (Phi) is 4.92. The van der Waals surface area contributed by atoms with Gasteiger partial charge in [-0.25, -0.2) is 14.4 Å². The maximum atomic E-state index is 14.0. The van der Waals surface area contributed by atoms with E-state index in [2.05, 4.69) is 21.8 Å². The first-order valence-corrected chi connectivity index (χ1v) is 7.92. The van der Waals surface area contributed by atoms with Crippen molar-refractivity contribution < 1.29 is 8.81 Å². The van der Waals surface area contributed by atoms with Crippen LogP contribution in [0.4, 0.5) is 4.39 Å². The van der Waals surface area contributed by atoms with Crippen molar-refractivity contribution in [1.29, 1.82) is 0 Å². The summed E-state index contributed by atoms with van der Waals surface area (Å²) in [5, 5.41) is 0.362. The van der Waals surface area contributed by atoms with Crippen LogP contribution in [0.5, 0.6) is 0 Å². The molecule has 0 aliphatic heterocycles. The zero-order chi connectivity index (χ0) is 17.1. The van der Waals surface area contributed by atoms with Gasteiger partial charge in [0.25, 0.3) is 0 Å². The van der Waals surface area contributed by atoms with Crippen LogP contribution in [0.1, 0.15) is 24.4 Å². The number of benzene rings is 1. The van der Waals surface area contributed by atoms with E-state index in [-0.39, 0.29) is 6.04 Å². The van der Waals surface area contributed by atoms with Crippen molar-refractivity contribution >= 4 is 11.6 Å². The molecule has 124 valence electrons. The molecule has 3 aromatic rings. The van der Waals surface area contributed by atoms with Gasteiger partial charge < -0.3 is 4.42 Å². The molecule has 24 heavy (non-hydrogen) atoms. The first-order chi connectivity index (χ1) is 11.5. The van der Waals surface area contributed by atoms with E-state index < -0.39 is 5.82 Å². The quantitative estimate of drug-likeness (QED) is 0.671. The molecule has 1 unspecified atom stereocenters. The highest BCUT2D eigenvalue weighted by Gasteiger charge is 2.16. The normalized spacial score (nSPS) is 12.5. The first-order valence-electron chi connectivity index (χ1n) is 7.55. The van der Waals surface area contributed by atoms with E-state index in [4.69, 9.17) is 16.0 Å². The second-order valence-electron chi connectivity index (χ2n) is 5.62. The van der Waals surface area contributed by atoms with Crippen molar-refractivity contribution in [2.75, 3.05) is 7.05 Å². The minimum absolute atomic E-state index is 0.105. The molecule has 4 nitrogen and oxygen atoms in total. The van der Waals surface area contributed by atoms with Crippen molar-refractivity contribution in [2.24, 2.45) is 0 Å². The lowest BCUT2D eigenvalue weighted by molar-refractivity contribution is 0.229. The van der Waals surface area contributed by atoms with Crippen LogP contribution in [0, 0.1) is 5.82 Å². The van der Waals surface area contributed by atoms with E-state index in [1.807, 2.05) is 19.2 Å². The minimum atomic E-state index is -0.397. The lowest BCUT2D eigenvalue weighted by atomic mass is 10.1. The van der Waals surface area contributed by atoms with Gasteiger partial charge in [-0.2, -0.15) is 0 Å². The fraction of sp³-hybridized carbons (Fsp3) is 0.222. The van der Waals surface area contributed by atoms with Crippen LogP contribution >= 0.6 is 11.6 Å². The van der Waals surface area contributed by atoms with Crippen molar-refractivity contribution in [3.05, 3.63) is 71.2 Å². The molecule has 1 aromatic carbocycles. The first kappa shape index (κ1) is 16.6. The van der Waals surface area contributed by atoms with Crippen molar-refractivity contribution in [1.82, 2.24) is 14.9 Å². The molecular weight excluding hydrogens is 329 g/mol. The van der Waals surface area contributed by atoms with Crippen LogP contribution in [-0.2, 0) is 6.54 Å². The molecule has 0 spiro atoms. The van der Waals surface area contributed by atoms with Crippen LogP contribution in [0.2, 0.25) is 5.02 Å². The number of furan rings is 1. The van der Waals surface area contributed by atoms with Gasteiger partial charge in [0.15, 0.2) is 0 Å². The highest BCUT2D eigenvalue weighted by molar-refractivity contribution is 6.30. The number of hydrogen-bond donors (Lipinski definition) is 0. The molecule has 0 aliphatic rings. The van der Waals surface area contributed by atoms with E-state index in [0.29, 0.717) is 22.9 Å². The van der Waals surface area contributed by atoms with Crippen LogP contribution in [0.3, 0.4) is 0 Å². The lowest BCUT2D eigenvalue weighted by Gasteiger charge is -2.22. The number of halogens is 2. The Balaban J connectivity index is 1.74. The van der Waals surface area contributed by atoms with Gasteiger partial charge in [0, 0.05) is 17.3 Å². The standard InChI is InChI=1S/C18H17ClFN3O/c1-12(17-7-8-21-11-22-17)23(2)10-14-4-6-18(24-14)15-5-3-13(19)9-16(15)20/h3-9,11-12H,10H2,1-2H3. The molecule has 6 heteroatoms. The third-order valence-corrected chi connectivity index (χ3v) is 4.19. The Morgan fingerprint density at radius 3 is 2.79 bits per heavy atom. The highest BCUT2D eigenvalue weighted by atomic mass is 35.5. The molecule has 1 atom stereocenters. The fourth-order valence-electron chi connectivity index (χ4n) is 2.45. The zero-order valence-electron chi connectivity index (χ0n) is 13.4. The molecule has 0 N–H and O–H groups in total. The van der Waals surface area contributed by atoms with Crippen LogP contribution in [0.15, 0.2) is 53.3 Å². The topological polar surface area (TPSA) is 42.2 Å². The van der Waals surface area contributed by atoms with Crippen LogP contribution in [0.25, 0.3) is 11.3 Å². The maximum absolute atomic E-state index is 14.0. The zero-order valence-corrected chi connectivity index (χ0v) is 14.2. The summed E-state index contributed by atoms with van der Waals surface area (Å²) in [4.78, 5) is 10.3. The summed E-state index contributed by atoms with van der Waals surface area (Å²) in [7, 11) is 1.98. The van der Waals surface area contributed by atoms with Gasteiger partial charge in [0.2, 0.25) is 0 Å². The molecule has 3 rings (SSSR count). The Bertz CT molecular complexity index is 822. The number of hydrogen-bond acceptors (Lipinski definition) is 4. The molecule has 2 heterocycles. The molecule has 0 fully saturated rings. The van der Waals surface area contributed by atoms with Crippen molar-refractivity contribution in [3.63, 3.8) is 0 Å². The van der Waals surface area contributed by atoms with Crippen LogP contribution < -0.4 is 0 Å². The SMILES string of the molecule is CC(c1ccncn1)N(C)Cc1ccc(-c2ccc(Cl)cc2F)o1. The second kappa shape index (κ2) is 7.11. The molecule has 0 saturated heterocycles. The summed E-state index contributed by atoms with van der Waals surface area (Å²) in [6.45, 7) is 2.64. The lowest BCUT2D eigenvalue weighted by Crippen LogP contribution is -2.22. The largest absolute Gasteiger partial charge is 0.460 e. The van der Waals surface area contributed by atoms with Gasteiger partial charge in [-0.05, 0) is 50.4 Å². The average Bonchev–Trinajstić information content (AvgIpc) is 3.03. The molecular formula is C18H17ClFN3O. The summed E-state index contributed by atoms with van der Waals surface area (Å²) in [6, 6.07) is 10.2. The monoisotopic (exact) mass is 345 g/mol. The highest BCUT2D eigenvalue weighted by Crippen LogP contribution is 2.28. The number of aromatic nitrogens is 2. The predicted octanol–water partition coefficient (Wildman–Crippen LogP) is 4.72. The van der Waals surface area contributed by atoms with Crippen molar-refractivity contribution in [2.45, 2.75) is 19.5 Å². The number of rotatable bonds is 5. The maximum Gasteiger partial charge on any atom is 0.137 e. The average molecular weight is 346 g/mol. The third-order valence-electron chi connectivity index (χ3n) is 3.96. The van der Waals surface area contributed by atoms with E-state index >= 15 is 0 Å². The van der Waals surface area contributed by atoms with Gasteiger partial charge >= 0.3 is 0 Å². The van der Waals surface area contributed by atoms with Crippen LogP contribution in [-0.4, -0.2) is 21.9 Å².